The number of methoxy groups -OCH3 is 1. The van der Waals surface area contributed by atoms with Crippen molar-refractivity contribution in [2.24, 2.45) is 0 Å². The molecule has 1 amide bonds. The minimum Gasteiger partial charge on any atom is -0.462 e. The molecule has 0 saturated carbocycles. The van der Waals surface area contributed by atoms with Crippen molar-refractivity contribution in [3.05, 3.63) is 64.3 Å². The number of aromatic nitrogens is 1. The van der Waals surface area contributed by atoms with Crippen molar-refractivity contribution in [1.29, 1.82) is 0 Å². The number of carbonyl (C=O) groups is 1. The van der Waals surface area contributed by atoms with Gasteiger partial charge in [-0.1, -0.05) is 0 Å². The number of nitrogens with zero attached hydrogens (tertiary/aromatic N) is 1. The topological polar surface area (TPSA) is 140 Å². The van der Waals surface area contributed by atoms with Gasteiger partial charge in [-0.15, -0.1) is 0 Å². The summed E-state index contributed by atoms with van der Waals surface area (Å²) in [7, 11) is 1.43. The highest BCUT2D eigenvalue weighted by Crippen LogP contribution is 2.35. The molecule has 1 aliphatic heterocycles. The van der Waals surface area contributed by atoms with Crippen LogP contribution in [0.15, 0.2) is 51.9 Å². The Bertz CT molecular complexity index is 1260. The highest BCUT2D eigenvalue weighted by Gasteiger charge is 2.50. The zero-order chi connectivity index (χ0) is 24.6. The van der Waals surface area contributed by atoms with Crippen molar-refractivity contribution in [3.8, 4) is 5.75 Å². The molecule has 34 heavy (non-hydrogen) atoms. The standard InChI is InChI=1S/C24H26N2O8/c1-12-16(32-23-18(28)17(27)20(31-4)24(2,3)34-23)8-7-13-10-15(22(30)33-19(12)13)26-21(29)14-6-5-9-25-11-14/h5-11,17-18,20,23,27-28H,1-4H3,(H,26,29)/t17-,18+,20+,23+/m0/s1. The van der Waals surface area contributed by atoms with Gasteiger partial charge < -0.3 is 34.2 Å². The number of aryl methyl sites for hydroxylation is 1. The second-order valence-electron chi connectivity index (χ2n) is 8.60. The summed E-state index contributed by atoms with van der Waals surface area (Å²) < 4.78 is 22.5. The van der Waals surface area contributed by atoms with Crippen LogP contribution in [-0.2, 0) is 9.47 Å². The van der Waals surface area contributed by atoms with E-state index in [2.05, 4.69) is 10.3 Å². The lowest BCUT2D eigenvalue weighted by molar-refractivity contribution is -0.306. The third kappa shape index (κ3) is 4.40. The summed E-state index contributed by atoms with van der Waals surface area (Å²) in [5, 5.41) is 24.0. The maximum absolute atomic E-state index is 12.6. The first-order valence-corrected chi connectivity index (χ1v) is 10.6. The molecule has 1 aliphatic rings. The lowest BCUT2D eigenvalue weighted by Gasteiger charge is -2.46. The summed E-state index contributed by atoms with van der Waals surface area (Å²) >= 11 is 0. The number of fused-ring (bicyclic) bond motifs is 1. The van der Waals surface area contributed by atoms with Crippen molar-refractivity contribution in [1.82, 2.24) is 4.98 Å². The Morgan fingerprint density at radius 3 is 2.65 bits per heavy atom. The number of benzene rings is 1. The summed E-state index contributed by atoms with van der Waals surface area (Å²) in [5.74, 6) is -0.193. The Morgan fingerprint density at radius 2 is 1.97 bits per heavy atom. The third-order valence-corrected chi connectivity index (χ3v) is 5.81. The van der Waals surface area contributed by atoms with Gasteiger partial charge in [0.2, 0.25) is 6.29 Å². The Balaban J connectivity index is 1.60. The summed E-state index contributed by atoms with van der Waals surface area (Å²) in [6, 6.07) is 7.98. The third-order valence-electron chi connectivity index (χ3n) is 5.81. The zero-order valence-electron chi connectivity index (χ0n) is 19.1. The number of ether oxygens (including phenoxy) is 3. The largest absolute Gasteiger partial charge is 0.462 e. The molecule has 10 nitrogen and oxygen atoms in total. The normalized spacial score (nSPS) is 24.1. The molecule has 0 bridgehead atoms. The maximum Gasteiger partial charge on any atom is 0.360 e. The number of amides is 1. The van der Waals surface area contributed by atoms with E-state index >= 15 is 0 Å². The monoisotopic (exact) mass is 470 g/mol. The Hall–Kier alpha value is -3.31. The van der Waals surface area contributed by atoms with Gasteiger partial charge in [-0.25, -0.2) is 4.79 Å². The fourth-order valence-electron chi connectivity index (χ4n) is 4.04. The Labute approximate surface area is 195 Å². The molecule has 180 valence electrons. The van der Waals surface area contributed by atoms with Crippen LogP contribution < -0.4 is 15.7 Å². The number of aliphatic hydroxyl groups is 2. The first-order chi connectivity index (χ1) is 16.1. The summed E-state index contributed by atoms with van der Waals surface area (Å²) in [4.78, 5) is 28.8. The molecule has 10 heteroatoms. The van der Waals surface area contributed by atoms with E-state index in [9.17, 15) is 19.8 Å². The van der Waals surface area contributed by atoms with Crippen LogP contribution in [0.5, 0.6) is 5.75 Å². The van der Waals surface area contributed by atoms with Gasteiger partial charge in [-0.3, -0.25) is 9.78 Å². The Kier molecular flexibility index (Phi) is 6.41. The van der Waals surface area contributed by atoms with Gasteiger partial charge in [0.1, 0.15) is 35.3 Å². The minimum atomic E-state index is -1.37. The van der Waals surface area contributed by atoms with Gasteiger partial charge in [-0.2, -0.15) is 0 Å². The van der Waals surface area contributed by atoms with Crippen LogP contribution in [0.3, 0.4) is 0 Å². The van der Waals surface area contributed by atoms with E-state index in [1.54, 1.807) is 51.2 Å². The molecule has 0 aliphatic carbocycles. The molecule has 1 aromatic carbocycles. The molecular weight excluding hydrogens is 444 g/mol. The van der Waals surface area contributed by atoms with E-state index < -0.39 is 41.7 Å². The van der Waals surface area contributed by atoms with Crippen LogP contribution in [0, 0.1) is 6.92 Å². The van der Waals surface area contributed by atoms with Crippen molar-refractivity contribution in [2.75, 3.05) is 12.4 Å². The second kappa shape index (κ2) is 9.15. The molecule has 2 aromatic heterocycles. The van der Waals surface area contributed by atoms with E-state index in [1.807, 2.05) is 0 Å². The van der Waals surface area contributed by atoms with Crippen LogP contribution in [0.1, 0.15) is 29.8 Å². The lowest BCUT2D eigenvalue weighted by atomic mass is 9.89. The van der Waals surface area contributed by atoms with E-state index in [-0.39, 0.29) is 11.3 Å². The highest BCUT2D eigenvalue weighted by molar-refractivity contribution is 6.04. The summed E-state index contributed by atoms with van der Waals surface area (Å²) in [6.07, 6.45) is -1.61. The fraction of sp³-hybridized carbons (Fsp3) is 0.375. The number of hydrogen-bond donors (Lipinski definition) is 3. The number of carbonyl (C=O) groups excluding carboxylic acids is 1. The molecular formula is C24H26N2O8. The maximum atomic E-state index is 12.6. The number of nitrogens with one attached hydrogen (secondary N) is 1. The number of aliphatic hydroxyl groups excluding tert-OH is 2. The molecule has 0 spiro atoms. The van der Waals surface area contributed by atoms with Crippen LogP contribution in [0.4, 0.5) is 5.69 Å². The second-order valence-corrected chi connectivity index (χ2v) is 8.60. The first kappa shape index (κ1) is 23.8. The summed E-state index contributed by atoms with van der Waals surface area (Å²) in [6.45, 7) is 5.13. The van der Waals surface area contributed by atoms with Gasteiger partial charge in [0.05, 0.1) is 11.2 Å². The molecule has 3 heterocycles. The molecule has 3 N–H and O–H groups in total. The number of anilines is 1. The molecule has 4 rings (SSSR count). The predicted molar refractivity (Wildman–Crippen MR) is 122 cm³/mol. The summed E-state index contributed by atoms with van der Waals surface area (Å²) in [5.41, 5.74) is -0.655. The van der Waals surface area contributed by atoms with Gasteiger partial charge in [0, 0.05) is 30.5 Å². The van der Waals surface area contributed by atoms with Gasteiger partial charge in [0.25, 0.3) is 5.91 Å². The van der Waals surface area contributed by atoms with Gasteiger partial charge in [0.15, 0.2) is 0 Å². The highest BCUT2D eigenvalue weighted by atomic mass is 16.7. The van der Waals surface area contributed by atoms with Gasteiger partial charge >= 0.3 is 5.63 Å². The molecule has 1 saturated heterocycles. The SMILES string of the molecule is CO[C@@H]1[C@@H](O)[C@@H](O)[C@H](Oc2ccc3cc(NC(=O)c4cccnc4)c(=O)oc3c2C)OC1(C)C. The van der Waals surface area contributed by atoms with Crippen LogP contribution in [0.2, 0.25) is 0 Å². The Morgan fingerprint density at radius 1 is 1.21 bits per heavy atom. The molecule has 3 aromatic rings. The number of hydrogen-bond acceptors (Lipinski definition) is 9. The van der Waals surface area contributed by atoms with Crippen LogP contribution >= 0.6 is 0 Å². The average molecular weight is 470 g/mol. The van der Waals surface area contributed by atoms with Crippen molar-refractivity contribution in [2.45, 2.75) is 51.0 Å². The van der Waals surface area contributed by atoms with E-state index in [4.69, 9.17) is 18.6 Å². The minimum absolute atomic E-state index is 0.0177. The number of pyridine rings is 1. The molecule has 4 atom stereocenters. The first-order valence-electron chi connectivity index (χ1n) is 10.6. The zero-order valence-corrected chi connectivity index (χ0v) is 19.1. The van der Waals surface area contributed by atoms with Crippen molar-refractivity contribution >= 4 is 22.6 Å². The fourth-order valence-corrected chi connectivity index (χ4v) is 4.04. The quantitative estimate of drug-likeness (QED) is 0.478. The van der Waals surface area contributed by atoms with Crippen molar-refractivity contribution in [3.63, 3.8) is 0 Å². The average Bonchev–Trinajstić information content (AvgIpc) is 2.80. The van der Waals surface area contributed by atoms with E-state index in [0.29, 0.717) is 22.3 Å². The van der Waals surface area contributed by atoms with E-state index in [0.717, 1.165) is 0 Å². The van der Waals surface area contributed by atoms with Gasteiger partial charge in [-0.05, 0) is 51.1 Å². The lowest BCUT2D eigenvalue weighted by Crippen LogP contribution is -2.63. The van der Waals surface area contributed by atoms with Crippen LogP contribution in [0.25, 0.3) is 11.0 Å². The molecule has 0 unspecified atom stereocenters. The van der Waals surface area contributed by atoms with E-state index in [1.165, 1.54) is 19.4 Å². The molecule has 0 radical (unpaired) electrons. The number of rotatable bonds is 5. The van der Waals surface area contributed by atoms with Crippen LogP contribution in [-0.4, -0.2) is 58.4 Å². The predicted octanol–water partition coefficient (Wildman–Crippen LogP) is 2.00. The smallest absolute Gasteiger partial charge is 0.360 e. The molecule has 1 fully saturated rings. The van der Waals surface area contributed by atoms with Crippen molar-refractivity contribution < 1.29 is 33.6 Å².